The second-order valence-electron chi connectivity index (χ2n) is 5.44. The van der Waals surface area contributed by atoms with E-state index in [9.17, 15) is 0 Å². The van der Waals surface area contributed by atoms with Crippen LogP contribution in [0.4, 0.5) is 0 Å². The Morgan fingerprint density at radius 3 is 2.82 bits per heavy atom. The summed E-state index contributed by atoms with van der Waals surface area (Å²) in [6.45, 7) is 0. The third-order valence-electron chi connectivity index (χ3n) is 3.92. The number of hydrogen-bond donors (Lipinski definition) is 0. The average molecular weight is 292 g/mol. The van der Waals surface area contributed by atoms with Crippen molar-refractivity contribution in [2.75, 3.05) is 7.11 Å². The molecule has 0 atom stereocenters. The molecule has 1 aromatic carbocycles. The van der Waals surface area contributed by atoms with Gasteiger partial charge in [0.05, 0.1) is 18.5 Å². The van der Waals surface area contributed by atoms with E-state index in [1.807, 2.05) is 35.1 Å². The molecular weight excluding hydrogens is 276 g/mol. The van der Waals surface area contributed by atoms with Crippen molar-refractivity contribution in [3.63, 3.8) is 0 Å². The first-order valence-electron chi connectivity index (χ1n) is 7.35. The number of aromatic nitrogens is 4. The van der Waals surface area contributed by atoms with E-state index >= 15 is 0 Å². The molecule has 5 nitrogen and oxygen atoms in total. The van der Waals surface area contributed by atoms with E-state index in [-0.39, 0.29) is 0 Å². The van der Waals surface area contributed by atoms with Gasteiger partial charge in [-0.05, 0) is 37.1 Å². The van der Waals surface area contributed by atoms with E-state index in [4.69, 9.17) is 4.74 Å². The highest BCUT2D eigenvalue weighted by Gasteiger charge is 2.25. The minimum absolute atomic E-state index is 0.605. The first kappa shape index (κ1) is 13.0. The monoisotopic (exact) mass is 292 g/mol. The van der Waals surface area contributed by atoms with E-state index in [1.165, 1.54) is 12.8 Å². The molecule has 110 valence electrons. The third-order valence-corrected chi connectivity index (χ3v) is 3.92. The van der Waals surface area contributed by atoms with Gasteiger partial charge in [-0.25, -0.2) is 14.6 Å². The molecule has 1 aliphatic rings. The van der Waals surface area contributed by atoms with Gasteiger partial charge < -0.3 is 4.74 Å². The van der Waals surface area contributed by atoms with Crippen LogP contribution < -0.4 is 4.74 Å². The average Bonchev–Trinajstić information content (AvgIpc) is 3.29. The smallest absolute Gasteiger partial charge is 0.121 e. The van der Waals surface area contributed by atoms with Crippen LogP contribution in [0.2, 0.25) is 0 Å². The van der Waals surface area contributed by atoms with Crippen LogP contribution in [0.3, 0.4) is 0 Å². The Morgan fingerprint density at radius 2 is 2.09 bits per heavy atom. The van der Waals surface area contributed by atoms with Crippen LogP contribution in [0.1, 0.15) is 24.5 Å². The molecular formula is C17H16N4O. The summed E-state index contributed by atoms with van der Waals surface area (Å²) in [4.78, 5) is 8.85. The Hall–Kier alpha value is -2.69. The molecule has 0 N–H and O–H groups in total. The van der Waals surface area contributed by atoms with Crippen molar-refractivity contribution in [3.05, 3.63) is 54.7 Å². The predicted molar refractivity (Wildman–Crippen MR) is 83.1 cm³/mol. The summed E-state index contributed by atoms with van der Waals surface area (Å²) in [5.74, 6) is 1.40. The fraction of sp³-hybridized carbons (Fsp3) is 0.235. The highest BCUT2D eigenvalue weighted by molar-refractivity contribution is 5.71. The molecule has 1 saturated carbocycles. The number of ether oxygens (including phenoxy) is 1. The Kier molecular flexibility index (Phi) is 3.11. The number of nitrogens with zero attached hydrogens (tertiary/aromatic N) is 4. The SMILES string of the molecule is COc1ccc(-c2cc(C3CC3)ncn2)c(-n2cccn2)c1. The Balaban J connectivity index is 1.85. The minimum atomic E-state index is 0.605. The van der Waals surface area contributed by atoms with Crippen LogP contribution >= 0.6 is 0 Å². The van der Waals surface area contributed by atoms with Gasteiger partial charge in [-0.15, -0.1) is 0 Å². The molecule has 0 saturated heterocycles. The van der Waals surface area contributed by atoms with Gasteiger partial charge in [0.1, 0.15) is 12.1 Å². The second-order valence-corrected chi connectivity index (χ2v) is 5.44. The lowest BCUT2D eigenvalue weighted by molar-refractivity contribution is 0.414. The molecule has 22 heavy (non-hydrogen) atoms. The molecule has 0 amide bonds. The van der Waals surface area contributed by atoms with Crippen LogP contribution in [0.25, 0.3) is 16.9 Å². The van der Waals surface area contributed by atoms with E-state index < -0.39 is 0 Å². The van der Waals surface area contributed by atoms with Crippen LogP contribution in [-0.4, -0.2) is 26.9 Å². The zero-order valence-electron chi connectivity index (χ0n) is 12.3. The molecule has 0 bridgehead atoms. The van der Waals surface area contributed by atoms with E-state index in [0.29, 0.717) is 5.92 Å². The van der Waals surface area contributed by atoms with Crippen LogP contribution in [-0.2, 0) is 0 Å². The van der Waals surface area contributed by atoms with Crippen molar-refractivity contribution >= 4 is 0 Å². The van der Waals surface area contributed by atoms with E-state index in [1.54, 1.807) is 19.6 Å². The van der Waals surface area contributed by atoms with Crippen LogP contribution in [0, 0.1) is 0 Å². The molecule has 0 unspecified atom stereocenters. The fourth-order valence-corrected chi connectivity index (χ4v) is 2.58. The third kappa shape index (κ3) is 2.35. The van der Waals surface area contributed by atoms with Gasteiger partial charge in [-0.3, -0.25) is 0 Å². The van der Waals surface area contributed by atoms with Crippen LogP contribution in [0.15, 0.2) is 49.1 Å². The molecule has 4 rings (SSSR count). The van der Waals surface area contributed by atoms with Crippen LogP contribution in [0.5, 0.6) is 5.75 Å². The second kappa shape index (κ2) is 5.26. The number of methoxy groups -OCH3 is 1. The first-order valence-corrected chi connectivity index (χ1v) is 7.35. The summed E-state index contributed by atoms with van der Waals surface area (Å²) >= 11 is 0. The highest BCUT2D eigenvalue weighted by Crippen LogP contribution is 2.40. The number of rotatable bonds is 4. The number of hydrogen-bond acceptors (Lipinski definition) is 4. The molecule has 2 heterocycles. The van der Waals surface area contributed by atoms with Gasteiger partial charge in [0, 0.05) is 35.6 Å². The molecule has 3 aromatic rings. The summed E-state index contributed by atoms with van der Waals surface area (Å²) < 4.78 is 7.17. The summed E-state index contributed by atoms with van der Waals surface area (Å²) in [6.07, 6.45) is 7.79. The normalized spacial score (nSPS) is 14.0. The standard InChI is InChI=1S/C17H16N4O/c1-22-13-5-6-14(17(9-13)21-8-2-7-20-21)16-10-15(12-3-4-12)18-11-19-16/h2,5-12H,3-4H2,1H3. The Bertz CT molecular complexity index is 794. The fourth-order valence-electron chi connectivity index (χ4n) is 2.58. The van der Waals surface area contributed by atoms with Crippen molar-refractivity contribution in [2.45, 2.75) is 18.8 Å². The van der Waals surface area contributed by atoms with Crippen molar-refractivity contribution < 1.29 is 4.74 Å². The van der Waals surface area contributed by atoms with Gasteiger partial charge in [-0.2, -0.15) is 5.10 Å². The summed E-state index contributed by atoms with van der Waals surface area (Å²) in [5.41, 5.74) is 4.02. The van der Waals surface area contributed by atoms with E-state index in [0.717, 1.165) is 28.4 Å². The first-order chi connectivity index (χ1) is 10.8. The van der Waals surface area contributed by atoms with Gasteiger partial charge in [0.2, 0.25) is 0 Å². The lowest BCUT2D eigenvalue weighted by atomic mass is 10.1. The van der Waals surface area contributed by atoms with Crippen molar-refractivity contribution in [2.24, 2.45) is 0 Å². The zero-order chi connectivity index (χ0) is 14.9. The molecule has 1 fully saturated rings. The number of benzene rings is 1. The molecule has 0 radical (unpaired) electrons. The summed E-state index contributed by atoms with van der Waals surface area (Å²) in [6, 6.07) is 9.93. The molecule has 2 aromatic heterocycles. The molecule has 0 spiro atoms. The van der Waals surface area contributed by atoms with E-state index in [2.05, 4.69) is 21.1 Å². The lowest BCUT2D eigenvalue weighted by Gasteiger charge is -2.12. The summed E-state index contributed by atoms with van der Waals surface area (Å²) in [7, 11) is 1.66. The summed E-state index contributed by atoms with van der Waals surface area (Å²) in [5, 5.41) is 4.34. The van der Waals surface area contributed by atoms with Gasteiger partial charge in [-0.1, -0.05) is 0 Å². The van der Waals surface area contributed by atoms with Gasteiger partial charge in [0.15, 0.2) is 0 Å². The maximum absolute atomic E-state index is 5.34. The zero-order valence-corrected chi connectivity index (χ0v) is 12.3. The highest BCUT2D eigenvalue weighted by atomic mass is 16.5. The lowest BCUT2D eigenvalue weighted by Crippen LogP contribution is -2.00. The van der Waals surface area contributed by atoms with Gasteiger partial charge >= 0.3 is 0 Å². The maximum atomic E-state index is 5.34. The Morgan fingerprint density at radius 1 is 1.18 bits per heavy atom. The van der Waals surface area contributed by atoms with Crippen molar-refractivity contribution in [1.29, 1.82) is 0 Å². The van der Waals surface area contributed by atoms with Crippen molar-refractivity contribution in [3.8, 4) is 22.7 Å². The maximum Gasteiger partial charge on any atom is 0.121 e. The van der Waals surface area contributed by atoms with Crippen molar-refractivity contribution in [1.82, 2.24) is 19.7 Å². The Labute approximate surface area is 128 Å². The molecule has 1 aliphatic carbocycles. The minimum Gasteiger partial charge on any atom is -0.497 e. The van der Waals surface area contributed by atoms with Gasteiger partial charge in [0.25, 0.3) is 0 Å². The quantitative estimate of drug-likeness (QED) is 0.741. The predicted octanol–water partition coefficient (Wildman–Crippen LogP) is 3.22. The topological polar surface area (TPSA) is 52.8 Å². The molecule has 0 aliphatic heterocycles. The molecule has 5 heteroatoms. The largest absolute Gasteiger partial charge is 0.497 e.